The highest BCUT2D eigenvalue weighted by molar-refractivity contribution is 7.92. The highest BCUT2D eigenvalue weighted by Gasteiger charge is 2.32. The van der Waals surface area contributed by atoms with Gasteiger partial charge in [-0.3, -0.25) is 19.2 Å². The Bertz CT molecular complexity index is 1010. The average Bonchev–Trinajstić information content (AvgIpc) is 2.70. The van der Waals surface area contributed by atoms with Crippen LogP contribution < -0.4 is 9.62 Å². The minimum Gasteiger partial charge on any atom is -0.324 e. The van der Waals surface area contributed by atoms with E-state index in [1.165, 1.54) is 18.2 Å². The number of carbonyl (C=O) groups excluding carboxylic acids is 1. The van der Waals surface area contributed by atoms with Crippen LogP contribution in [0.5, 0.6) is 0 Å². The van der Waals surface area contributed by atoms with Crippen LogP contribution in [0.3, 0.4) is 0 Å². The maximum atomic E-state index is 13.2. The molecular formula is C21H27N3O5S. The molecule has 0 spiro atoms. The Morgan fingerprint density at radius 1 is 1.10 bits per heavy atom. The Morgan fingerprint density at radius 3 is 2.13 bits per heavy atom. The fourth-order valence-electron chi connectivity index (χ4n) is 3.41. The van der Waals surface area contributed by atoms with Crippen LogP contribution >= 0.6 is 0 Å². The molecule has 0 heterocycles. The van der Waals surface area contributed by atoms with Crippen molar-refractivity contribution in [2.24, 2.45) is 0 Å². The summed E-state index contributed by atoms with van der Waals surface area (Å²) in [6.45, 7) is 5.66. The Kier molecular flexibility index (Phi) is 7.55. The van der Waals surface area contributed by atoms with Gasteiger partial charge in [-0.2, -0.15) is 0 Å². The molecule has 2 aromatic rings. The Morgan fingerprint density at radius 2 is 1.67 bits per heavy atom. The lowest BCUT2D eigenvalue weighted by atomic mass is 10.0. The van der Waals surface area contributed by atoms with Crippen molar-refractivity contribution in [1.82, 2.24) is 0 Å². The molecule has 0 bridgehead atoms. The Labute approximate surface area is 177 Å². The van der Waals surface area contributed by atoms with E-state index in [4.69, 9.17) is 0 Å². The second-order valence-corrected chi connectivity index (χ2v) is 8.77. The van der Waals surface area contributed by atoms with Crippen LogP contribution in [0.2, 0.25) is 0 Å². The average molecular weight is 434 g/mol. The minimum atomic E-state index is -3.89. The zero-order chi connectivity index (χ0) is 22.5. The number of hydrogen-bond donors (Lipinski definition) is 1. The fraction of sp³-hybridized carbons (Fsp3) is 0.381. The quantitative estimate of drug-likeness (QED) is 0.476. The number of sulfonamides is 1. The van der Waals surface area contributed by atoms with Crippen LogP contribution in [0.1, 0.15) is 38.3 Å². The molecule has 9 heteroatoms. The molecule has 8 nitrogen and oxygen atoms in total. The fourth-order valence-corrected chi connectivity index (χ4v) is 4.62. The number of nitrogens with one attached hydrogen (secondary N) is 1. The number of non-ortho nitro benzene ring substituents is 1. The van der Waals surface area contributed by atoms with Gasteiger partial charge in [0.25, 0.3) is 5.69 Å². The lowest BCUT2D eigenvalue weighted by molar-refractivity contribution is -0.384. The third-order valence-electron chi connectivity index (χ3n) is 4.87. The molecule has 1 N–H and O–H groups in total. The van der Waals surface area contributed by atoms with Crippen molar-refractivity contribution in [3.63, 3.8) is 0 Å². The number of benzene rings is 2. The Balaban J connectivity index is 2.50. The van der Waals surface area contributed by atoms with Crippen LogP contribution in [-0.2, 0) is 27.7 Å². The number of para-hydroxylation sites is 1. The summed E-state index contributed by atoms with van der Waals surface area (Å²) >= 11 is 0. The van der Waals surface area contributed by atoms with Crippen molar-refractivity contribution in [2.45, 2.75) is 46.1 Å². The van der Waals surface area contributed by atoms with E-state index in [9.17, 15) is 23.3 Å². The number of anilines is 2. The van der Waals surface area contributed by atoms with Gasteiger partial charge in [-0.25, -0.2) is 8.42 Å². The van der Waals surface area contributed by atoms with Crippen molar-refractivity contribution in [3.8, 4) is 0 Å². The Hall–Kier alpha value is -2.94. The van der Waals surface area contributed by atoms with Crippen LogP contribution in [0.25, 0.3) is 0 Å². The first kappa shape index (κ1) is 23.3. The number of nitro benzene ring substituents is 1. The molecule has 1 atom stereocenters. The number of carbonyl (C=O) groups is 1. The van der Waals surface area contributed by atoms with Crippen LogP contribution in [0.4, 0.5) is 17.1 Å². The highest BCUT2D eigenvalue weighted by atomic mass is 32.2. The van der Waals surface area contributed by atoms with E-state index in [-0.39, 0.29) is 17.8 Å². The van der Waals surface area contributed by atoms with Gasteiger partial charge in [-0.1, -0.05) is 45.0 Å². The third-order valence-corrected chi connectivity index (χ3v) is 6.05. The van der Waals surface area contributed by atoms with Gasteiger partial charge in [0.15, 0.2) is 0 Å². The van der Waals surface area contributed by atoms with Gasteiger partial charge >= 0.3 is 0 Å². The maximum Gasteiger partial charge on any atom is 0.271 e. The summed E-state index contributed by atoms with van der Waals surface area (Å²) in [5.74, 6) is -0.481. The second kappa shape index (κ2) is 9.71. The molecule has 2 aromatic carbocycles. The molecule has 162 valence electrons. The monoisotopic (exact) mass is 433 g/mol. The van der Waals surface area contributed by atoms with E-state index in [1.54, 1.807) is 6.92 Å². The minimum absolute atomic E-state index is 0.0770. The number of hydrogen-bond acceptors (Lipinski definition) is 5. The number of amides is 1. The predicted octanol–water partition coefficient (Wildman–Crippen LogP) is 3.90. The molecule has 0 aromatic heterocycles. The van der Waals surface area contributed by atoms with E-state index in [2.05, 4.69) is 5.32 Å². The van der Waals surface area contributed by atoms with E-state index < -0.39 is 26.9 Å². The van der Waals surface area contributed by atoms with Gasteiger partial charge in [0.2, 0.25) is 15.9 Å². The maximum absolute atomic E-state index is 13.2. The molecule has 0 saturated heterocycles. The smallest absolute Gasteiger partial charge is 0.271 e. The molecule has 2 rings (SSSR count). The molecule has 0 aliphatic carbocycles. The second-order valence-electron chi connectivity index (χ2n) is 6.91. The van der Waals surface area contributed by atoms with Gasteiger partial charge in [0.05, 0.1) is 16.9 Å². The summed E-state index contributed by atoms with van der Waals surface area (Å²) in [6, 6.07) is 9.99. The third kappa shape index (κ3) is 5.15. The van der Waals surface area contributed by atoms with Crippen LogP contribution in [0.15, 0.2) is 42.5 Å². The predicted molar refractivity (Wildman–Crippen MR) is 118 cm³/mol. The zero-order valence-electron chi connectivity index (χ0n) is 17.6. The number of rotatable bonds is 9. The standard InChI is InChI=1S/C21H27N3O5S/c1-5-15-10-8-11-16(6-2)20(15)22-21(25)19(7-3)23(30(4,28)29)17-12-9-13-18(14-17)24(26)27/h8-14,19H,5-7H2,1-4H3,(H,22,25). The molecule has 0 fully saturated rings. The van der Waals surface area contributed by atoms with Crippen molar-refractivity contribution in [3.05, 3.63) is 63.7 Å². The molecule has 0 saturated carbocycles. The van der Waals surface area contributed by atoms with E-state index >= 15 is 0 Å². The topological polar surface area (TPSA) is 110 Å². The van der Waals surface area contributed by atoms with Gasteiger partial charge in [-0.05, 0) is 36.5 Å². The summed E-state index contributed by atoms with van der Waals surface area (Å²) in [7, 11) is -3.89. The molecule has 0 aliphatic rings. The van der Waals surface area contributed by atoms with Crippen LogP contribution in [0, 0.1) is 10.1 Å². The molecule has 1 amide bonds. The summed E-state index contributed by atoms with van der Waals surface area (Å²) < 4.78 is 26.1. The largest absolute Gasteiger partial charge is 0.324 e. The first-order chi connectivity index (χ1) is 14.1. The van der Waals surface area contributed by atoms with Crippen LogP contribution in [-0.4, -0.2) is 31.5 Å². The van der Waals surface area contributed by atoms with Gasteiger partial charge < -0.3 is 5.32 Å². The van der Waals surface area contributed by atoms with Gasteiger partial charge in [0, 0.05) is 17.8 Å². The lowest BCUT2D eigenvalue weighted by Gasteiger charge is -2.30. The summed E-state index contributed by atoms with van der Waals surface area (Å²) in [5.41, 5.74) is 2.44. The summed E-state index contributed by atoms with van der Waals surface area (Å²) in [6.07, 6.45) is 2.60. The SMILES string of the molecule is CCc1cccc(CC)c1NC(=O)C(CC)N(c1cccc([N+](=O)[O-])c1)S(C)(=O)=O. The number of aryl methyl sites for hydroxylation is 2. The zero-order valence-corrected chi connectivity index (χ0v) is 18.4. The van der Waals surface area contributed by atoms with Crippen molar-refractivity contribution in [1.29, 1.82) is 0 Å². The van der Waals surface area contributed by atoms with E-state index in [1.807, 2.05) is 32.0 Å². The number of nitrogens with zero attached hydrogens (tertiary/aromatic N) is 2. The highest BCUT2D eigenvalue weighted by Crippen LogP contribution is 2.28. The molecule has 0 radical (unpaired) electrons. The molecule has 0 aliphatic heterocycles. The van der Waals surface area contributed by atoms with Gasteiger partial charge in [-0.15, -0.1) is 0 Å². The summed E-state index contributed by atoms with van der Waals surface area (Å²) in [4.78, 5) is 23.7. The molecule has 1 unspecified atom stereocenters. The molecular weight excluding hydrogens is 406 g/mol. The van der Waals surface area contributed by atoms with Gasteiger partial charge in [0.1, 0.15) is 6.04 Å². The van der Waals surface area contributed by atoms with Crippen molar-refractivity contribution in [2.75, 3.05) is 15.9 Å². The number of nitro groups is 1. The lowest BCUT2D eigenvalue weighted by Crippen LogP contribution is -2.47. The first-order valence-electron chi connectivity index (χ1n) is 9.79. The van der Waals surface area contributed by atoms with E-state index in [0.717, 1.165) is 27.8 Å². The van der Waals surface area contributed by atoms with Crippen molar-refractivity contribution >= 4 is 33.0 Å². The van der Waals surface area contributed by atoms with E-state index in [0.29, 0.717) is 18.5 Å². The molecule has 30 heavy (non-hydrogen) atoms. The first-order valence-corrected chi connectivity index (χ1v) is 11.6. The normalized spacial score (nSPS) is 12.3. The van der Waals surface area contributed by atoms with Crippen molar-refractivity contribution < 1.29 is 18.1 Å². The summed E-state index contributed by atoms with van der Waals surface area (Å²) in [5, 5.41) is 14.1.